The van der Waals surface area contributed by atoms with E-state index in [1.54, 1.807) is 30.0 Å². The first-order valence-electron chi connectivity index (χ1n) is 6.64. The van der Waals surface area contributed by atoms with E-state index in [1.807, 2.05) is 13.0 Å². The lowest BCUT2D eigenvalue weighted by Crippen LogP contribution is -2.26. The molecule has 3 N–H and O–H groups in total. The van der Waals surface area contributed by atoms with Crippen LogP contribution >= 0.6 is 0 Å². The second kappa shape index (κ2) is 6.33. The number of benzene rings is 1. The molecule has 0 atom stereocenters. The van der Waals surface area contributed by atoms with Crippen LogP contribution in [0.4, 0.5) is 0 Å². The fraction of sp³-hybridized carbons (Fsp3) is 0.385. The zero-order valence-electron chi connectivity index (χ0n) is 12.1. The summed E-state index contributed by atoms with van der Waals surface area (Å²) in [5.74, 6) is 0.578. The van der Waals surface area contributed by atoms with Gasteiger partial charge < -0.3 is 10.3 Å². The molecule has 0 unspecified atom stereocenters. The van der Waals surface area contributed by atoms with Crippen molar-refractivity contribution in [3.05, 3.63) is 41.5 Å². The molecule has 1 aromatic carbocycles. The van der Waals surface area contributed by atoms with Crippen LogP contribution in [0, 0.1) is 6.92 Å². The molecule has 0 radical (unpaired) electrons. The van der Waals surface area contributed by atoms with Gasteiger partial charge in [0.25, 0.3) is 0 Å². The summed E-state index contributed by atoms with van der Waals surface area (Å²) < 4.78 is 29.1. The Morgan fingerprint density at radius 3 is 2.81 bits per heavy atom. The summed E-state index contributed by atoms with van der Waals surface area (Å²) in [6.45, 7) is 4.79. The Hall–Kier alpha value is -1.77. The fourth-order valence-corrected chi connectivity index (χ4v) is 3.36. The van der Waals surface area contributed by atoms with Crippen molar-refractivity contribution >= 4 is 10.0 Å². The van der Waals surface area contributed by atoms with Gasteiger partial charge in [0, 0.05) is 13.1 Å². The second-order valence-corrected chi connectivity index (χ2v) is 6.34. The van der Waals surface area contributed by atoms with Crippen LogP contribution in [0.3, 0.4) is 0 Å². The van der Waals surface area contributed by atoms with Crippen LogP contribution in [-0.4, -0.2) is 23.2 Å². The van der Waals surface area contributed by atoms with Gasteiger partial charge in [-0.05, 0) is 31.0 Å². The van der Waals surface area contributed by atoms with E-state index in [0.29, 0.717) is 24.5 Å². The largest absolute Gasteiger partial charge is 0.326 e. The van der Waals surface area contributed by atoms with Gasteiger partial charge >= 0.3 is 0 Å². The van der Waals surface area contributed by atoms with Crippen LogP contribution in [-0.2, 0) is 29.7 Å². The van der Waals surface area contributed by atoms with Crippen molar-refractivity contribution in [2.24, 2.45) is 5.73 Å². The predicted octanol–water partition coefficient (Wildman–Crippen LogP) is 0.544. The van der Waals surface area contributed by atoms with Gasteiger partial charge in [0.1, 0.15) is 12.2 Å². The number of rotatable bonds is 6. The third-order valence-electron chi connectivity index (χ3n) is 3.36. The van der Waals surface area contributed by atoms with Gasteiger partial charge in [-0.1, -0.05) is 12.1 Å². The first-order valence-corrected chi connectivity index (χ1v) is 8.12. The maximum Gasteiger partial charge on any atom is 0.241 e. The number of nitrogens with one attached hydrogen (secondary N) is 1. The van der Waals surface area contributed by atoms with Gasteiger partial charge in [0.2, 0.25) is 10.0 Å². The molecule has 1 heterocycles. The maximum absolute atomic E-state index is 12.4. The molecule has 0 saturated carbocycles. The Kier molecular flexibility index (Phi) is 4.71. The summed E-state index contributed by atoms with van der Waals surface area (Å²) in [7, 11) is -3.61. The summed E-state index contributed by atoms with van der Waals surface area (Å²) in [6, 6.07) is 5.09. The molecule has 0 fully saturated rings. The zero-order valence-corrected chi connectivity index (χ0v) is 12.9. The van der Waals surface area contributed by atoms with E-state index in [4.69, 9.17) is 5.73 Å². The van der Waals surface area contributed by atoms with E-state index in [2.05, 4.69) is 14.9 Å². The lowest BCUT2D eigenvalue weighted by Gasteiger charge is -2.12. The highest BCUT2D eigenvalue weighted by molar-refractivity contribution is 7.89. The molecule has 114 valence electrons. The molecule has 0 saturated heterocycles. The van der Waals surface area contributed by atoms with Gasteiger partial charge in [-0.25, -0.2) is 13.1 Å². The summed E-state index contributed by atoms with van der Waals surface area (Å²) in [5, 5.41) is 7.68. The van der Waals surface area contributed by atoms with E-state index in [-0.39, 0.29) is 11.4 Å². The minimum atomic E-state index is -3.61. The lowest BCUT2D eigenvalue weighted by molar-refractivity contribution is 0.574. The average Bonchev–Trinajstić information content (AvgIpc) is 2.93. The smallest absolute Gasteiger partial charge is 0.241 e. The number of hydrogen-bond acceptors (Lipinski definition) is 5. The molecule has 0 amide bonds. The topological polar surface area (TPSA) is 103 Å². The maximum atomic E-state index is 12.4. The molecule has 0 spiro atoms. The van der Waals surface area contributed by atoms with E-state index >= 15 is 0 Å². The van der Waals surface area contributed by atoms with Gasteiger partial charge in [0.15, 0.2) is 0 Å². The Balaban J connectivity index is 2.23. The molecule has 0 bridgehead atoms. The predicted molar refractivity (Wildman–Crippen MR) is 78.8 cm³/mol. The molecule has 0 aliphatic heterocycles. The van der Waals surface area contributed by atoms with Crippen molar-refractivity contribution in [3.8, 4) is 0 Å². The molecule has 1 aromatic heterocycles. The third kappa shape index (κ3) is 3.29. The Labute approximate surface area is 124 Å². The van der Waals surface area contributed by atoms with E-state index in [1.165, 1.54) is 0 Å². The summed E-state index contributed by atoms with van der Waals surface area (Å²) >= 11 is 0. The van der Waals surface area contributed by atoms with Gasteiger partial charge in [0.05, 0.1) is 11.4 Å². The van der Waals surface area contributed by atoms with Crippen molar-refractivity contribution in [3.63, 3.8) is 0 Å². The Morgan fingerprint density at radius 1 is 1.38 bits per heavy atom. The van der Waals surface area contributed by atoms with E-state index < -0.39 is 10.0 Å². The number of hydrogen-bond donors (Lipinski definition) is 2. The molecule has 0 aliphatic carbocycles. The quantitative estimate of drug-likeness (QED) is 0.811. The summed E-state index contributed by atoms with van der Waals surface area (Å²) in [4.78, 5) is 0.244. The first kappa shape index (κ1) is 15.6. The molecule has 2 rings (SSSR count). The SMILES string of the molecule is CCn1cnnc1CNS(=O)(=O)c1cccc(CN)c1C. The number of sulfonamides is 1. The molecule has 8 heteroatoms. The monoisotopic (exact) mass is 309 g/mol. The van der Waals surface area contributed by atoms with Crippen molar-refractivity contribution < 1.29 is 8.42 Å². The normalized spacial score (nSPS) is 11.8. The Bertz CT molecular complexity index is 724. The average molecular weight is 309 g/mol. The molecule has 0 aliphatic rings. The highest BCUT2D eigenvalue weighted by Gasteiger charge is 2.18. The standard InChI is InChI=1S/C13H19N5O2S/c1-3-18-9-15-17-13(18)8-16-21(19,20)12-6-4-5-11(7-14)10(12)2/h4-6,9,16H,3,7-8,14H2,1-2H3. The lowest BCUT2D eigenvalue weighted by atomic mass is 10.1. The van der Waals surface area contributed by atoms with Crippen molar-refractivity contribution in [2.75, 3.05) is 0 Å². The van der Waals surface area contributed by atoms with Gasteiger partial charge in [-0.15, -0.1) is 10.2 Å². The summed E-state index contributed by atoms with van der Waals surface area (Å²) in [6.07, 6.45) is 1.57. The van der Waals surface area contributed by atoms with Crippen LogP contribution in [0.1, 0.15) is 23.9 Å². The van der Waals surface area contributed by atoms with Crippen LogP contribution in [0.2, 0.25) is 0 Å². The first-order chi connectivity index (χ1) is 9.99. The number of aromatic nitrogens is 3. The summed E-state index contributed by atoms with van der Waals surface area (Å²) in [5.41, 5.74) is 7.10. The van der Waals surface area contributed by atoms with Crippen LogP contribution in [0.5, 0.6) is 0 Å². The fourth-order valence-electron chi connectivity index (χ4n) is 2.09. The third-order valence-corrected chi connectivity index (χ3v) is 4.91. The van der Waals surface area contributed by atoms with Crippen molar-refractivity contribution in [1.29, 1.82) is 0 Å². The molecule has 21 heavy (non-hydrogen) atoms. The Morgan fingerprint density at radius 2 is 2.14 bits per heavy atom. The van der Waals surface area contributed by atoms with Crippen LogP contribution in [0.25, 0.3) is 0 Å². The minimum absolute atomic E-state index is 0.0997. The molecule has 2 aromatic rings. The zero-order chi connectivity index (χ0) is 15.5. The van der Waals surface area contributed by atoms with Crippen molar-refractivity contribution in [2.45, 2.75) is 38.4 Å². The van der Waals surface area contributed by atoms with Gasteiger partial charge in [-0.2, -0.15) is 0 Å². The highest BCUT2D eigenvalue weighted by atomic mass is 32.2. The number of aryl methyl sites for hydroxylation is 1. The van der Waals surface area contributed by atoms with Crippen LogP contribution < -0.4 is 10.5 Å². The molecule has 7 nitrogen and oxygen atoms in total. The number of nitrogens with zero attached hydrogens (tertiary/aromatic N) is 3. The van der Waals surface area contributed by atoms with Gasteiger partial charge in [-0.3, -0.25) is 0 Å². The highest BCUT2D eigenvalue weighted by Crippen LogP contribution is 2.18. The molecular weight excluding hydrogens is 290 g/mol. The number of nitrogens with two attached hydrogens (primary N) is 1. The van der Waals surface area contributed by atoms with E-state index in [0.717, 1.165) is 5.56 Å². The van der Waals surface area contributed by atoms with Crippen molar-refractivity contribution in [1.82, 2.24) is 19.5 Å². The minimum Gasteiger partial charge on any atom is -0.326 e. The molecular formula is C13H19N5O2S. The van der Waals surface area contributed by atoms with E-state index in [9.17, 15) is 8.42 Å². The second-order valence-electron chi connectivity index (χ2n) is 4.60. The van der Waals surface area contributed by atoms with Crippen LogP contribution in [0.15, 0.2) is 29.4 Å².